The number of ether oxygens (including phenoxy) is 3. The Labute approximate surface area is 182 Å². The second-order valence-electron chi connectivity index (χ2n) is 9.39. The first kappa shape index (κ1) is 20.7. The van der Waals surface area contributed by atoms with Gasteiger partial charge in [0.2, 0.25) is 11.8 Å². The van der Waals surface area contributed by atoms with Gasteiger partial charge in [0.25, 0.3) is 0 Å². The van der Waals surface area contributed by atoms with Crippen molar-refractivity contribution in [2.75, 3.05) is 26.4 Å². The number of fused-ring (bicyclic) bond motifs is 6. The topological polar surface area (TPSA) is 90.0 Å². The lowest BCUT2D eigenvalue weighted by Crippen LogP contribution is -2.65. The summed E-state index contributed by atoms with van der Waals surface area (Å²) in [5.41, 5.74) is 0.599. The monoisotopic (exact) mass is 429 g/mol. The number of hydrogen-bond donors (Lipinski definition) is 1. The molecule has 5 heterocycles. The van der Waals surface area contributed by atoms with Crippen LogP contribution in [0.4, 0.5) is 0 Å². The van der Waals surface area contributed by atoms with Gasteiger partial charge in [0.15, 0.2) is 0 Å². The molecular formula is C23H31N3O5. The smallest absolute Gasteiger partial charge is 0.246 e. The Morgan fingerprint density at radius 3 is 2.87 bits per heavy atom. The molecular weight excluding hydrogens is 398 g/mol. The number of morpholine rings is 1. The van der Waals surface area contributed by atoms with Crippen LogP contribution < -0.4 is 10.1 Å². The van der Waals surface area contributed by atoms with E-state index in [4.69, 9.17) is 14.2 Å². The fraction of sp³-hybridized carbons (Fsp3) is 0.696. The van der Waals surface area contributed by atoms with E-state index in [1.54, 1.807) is 6.20 Å². The fourth-order valence-electron chi connectivity index (χ4n) is 5.95. The maximum absolute atomic E-state index is 13.3. The van der Waals surface area contributed by atoms with Crippen molar-refractivity contribution in [2.45, 2.75) is 75.1 Å². The van der Waals surface area contributed by atoms with Gasteiger partial charge in [0.1, 0.15) is 12.4 Å². The number of aromatic nitrogens is 1. The van der Waals surface area contributed by atoms with Crippen LogP contribution in [0.1, 0.15) is 56.9 Å². The summed E-state index contributed by atoms with van der Waals surface area (Å²) in [6.07, 6.45) is 8.70. The van der Waals surface area contributed by atoms with E-state index in [0.717, 1.165) is 31.4 Å². The van der Waals surface area contributed by atoms with Crippen molar-refractivity contribution in [2.24, 2.45) is 0 Å². The second-order valence-corrected chi connectivity index (χ2v) is 9.39. The molecule has 1 saturated carbocycles. The van der Waals surface area contributed by atoms with Crippen LogP contribution in [0, 0.1) is 0 Å². The van der Waals surface area contributed by atoms with Crippen molar-refractivity contribution < 1.29 is 23.8 Å². The van der Waals surface area contributed by atoms with E-state index in [0.29, 0.717) is 32.2 Å². The third-order valence-corrected chi connectivity index (χ3v) is 7.37. The first-order valence-electron chi connectivity index (χ1n) is 11.4. The van der Waals surface area contributed by atoms with Crippen molar-refractivity contribution in [1.82, 2.24) is 15.2 Å². The summed E-state index contributed by atoms with van der Waals surface area (Å²) in [6.45, 7) is 3.23. The predicted molar refractivity (Wildman–Crippen MR) is 112 cm³/mol. The van der Waals surface area contributed by atoms with Gasteiger partial charge >= 0.3 is 0 Å². The lowest BCUT2D eigenvalue weighted by atomic mass is 9.82. The third-order valence-electron chi connectivity index (χ3n) is 7.37. The van der Waals surface area contributed by atoms with Crippen LogP contribution in [0.5, 0.6) is 5.75 Å². The van der Waals surface area contributed by atoms with Crippen LogP contribution in [-0.2, 0) is 19.1 Å². The number of rotatable bonds is 0. The van der Waals surface area contributed by atoms with Gasteiger partial charge in [-0.1, -0.05) is 0 Å². The van der Waals surface area contributed by atoms with Crippen molar-refractivity contribution in [3.05, 3.63) is 24.0 Å². The fourth-order valence-corrected chi connectivity index (χ4v) is 5.95. The van der Waals surface area contributed by atoms with E-state index in [2.05, 4.69) is 10.3 Å². The standard InChI is InChI=1S/C23H31N3O5/c1-15-10-23(14-29-13-21(27)25-23)20-12-31-17-4-2-16(3-5-17)18-6-8-24-11-19(18)30-9-7-22(28)26(15)20/h6,8,11,15-17,20H,2-5,7,9-10,12-14H2,1H3,(H,25,27)/t15-,16?,17?,20+,23-/m1/s1. The number of hydrogen-bond acceptors (Lipinski definition) is 6. The Hall–Kier alpha value is -2.19. The zero-order valence-electron chi connectivity index (χ0n) is 18.0. The molecule has 8 nitrogen and oxygen atoms in total. The highest BCUT2D eigenvalue weighted by atomic mass is 16.5. The highest BCUT2D eigenvalue weighted by Crippen LogP contribution is 2.40. The number of nitrogens with zero attached hydrogens (tertiary/aromatic N) is 2. The summed E-state index contributed by atoms with van der Waals surface area (Å²) in [7, 11) is 0. The molecule has 31 heavy (non-hydrogen) atoms. The SMILES string of the molecule is C[C@@H]1C[C@@]2(COCC(=O)N2)[C@@H]2COC3CCC(CC3)c3ccncc3OCCC(=O)N12. The van der Waals surface area contributed by atoms with Gasteiger partial charge in [-0.3, -0.25) is 14.6 Å². The number of carbonyl (C=O) groups is 2. The lowest BCUT2D eigenvalue weighted by Gasteiger charge is -2.42. The minimum absolute atomic E-state index is 0.0132. The van der Waals surface area contributed by atoms with E-state index < -0.39 is 5.54 Å². The minimum atomic E-state index is -0.587. The highest BCUT2D eigenvalue weighted by molar-refractivity contribution is 5.81. The van der Waals surface area contributed by atoms with Gasteiger partial charge < -0.3 is 24.4 Å². The number of nitrogens with one attached hydrogen (secondary N) is 1. The maximum atomic E-state index is 13.3. The molecule has 4 aliphatic heterocycles. The van der Waals surface area contributed by atoms with Crippen LogP contribution >= 0.6 is 0 Å². The Balaban J connectivity index is 1.43. The molecule has 1 spiro atoms. The molecule has 8 heteroatoms. The van der Waals surface area contributed by atoms with Crippen LogP contribution in [0.2, 0.25) is 0 Å². The molecule has 0 aromatic carbocycles. The molecule has 0 radical (unpaired) electrons. The Morgan fingerprint density at radius 2 is 2.06 bits per heavy atom. The van der Waals surface area contributed by atoms with Crippen molar-refractivity contribution in [3.63, 3.8) is 0 Å². The highest BCUT2D eigenvalue weighted by Gasteiger charge is 2.55. The van der Waals surface area contributed by atoms with Gasteiger partial charge in [0, 0.05) is 17.8 Å². The van der Waals surface area contributed by atoms with Crippen molar-refractivity contribution in [3.8, 4) is 5.75 Å². The molecule has 1 aromatic heterocycles. The average molecular weight is 430 g/mol. The van der Waals surface area contributed by atoms with Crippen LogP contribution in [-0.4, -0.2) is 71.9 Å². The summed E-state index contributed by atoms with van der Waals surface area (Å²) in [5.74, 6) is 1.11. The second kappa shape index (κ2) is 8.39. The Kier molecular flexibility index (Phi) is 5.60. The molecule has 2 saturated heterocycles. The van der Waals surface area contributed by atoms with Crippen molar-refractivity contribution >= 4 is 11.8 Å². The molecule has 3 atom stereocenters. The van der Waals surface area contributed by atoms with Gasteiger partial charge in [-0.05, 0) is 51.0 Å². The molecule has 168 valence electrons. The summed E-state index contributed by atoms with van der Waals surface area (Å²) in [5, 5.41) is 3.15. The Morgan fingerprint density at radius 1 is 1.23 bits per heavy atom. The molecule has 5 aliphatic rings. The molecule has 1 aliphatic carbocycles. The quantitative estimate of drug-likeness (QED) is 0.676. The summed E-state index contributed by atoms with van der Waals surface area (Å²) < 4.78 is 18.1. The Bertz CT molecular complexity index is 840. The first-order valence-corrected chi connectivity index (χ1v) is 11.4. The number of carbonyl (C=O) groups excluding carboxylic acids is 2. The molecule has 6 rings (SSSR count). The molecule has 2 amide bonds. The van der Waals surface area contributed by atoms with Crippen LogP contribution in [0.15, 0.2) is 18.5 Å². The molecule has 3 fully saturated rings. The van der Waals surface area contributed by atoms with E-state index in [-0.39, 0.29) is 43.0 Å². The van der Waals surface area contributed by atoms with Crippen LogP contribution in [0.3, 0.4) is 0 Å². The van der Waals surface area contributed by atoms with Crippen molar-refractivity contribution in [1.29, 1.82) is 0 Å². The van der Waals surface area contributed by atoms with E-state index in [1.807, 2.05) is 24.1 Å². The number of pyridine rings is 1. The summed E-state index contributed by atoms with van der Waals surface area (Å²) in [6, 6.07) is 1.79. The first-order chi connectivity index (χ1) is 15.1. The lowest BCUT2D eigenvalue weighted by molar-refractivity contribution is -0.144. The predicted octanol–water partition coefficient (Wildman–Crippen LogP) is 1.78. The molecule has 0 unspecified atom stereocenters. The molecule has 2 bridgehead atoms. The van der Waals surface area contributed by atoms with Gasteiger partial charge in [-0.2, -0.15) is 0 Å². The van der Waals surface area contributed by atoms with Gasteiger partial charge in [0.05, 0.1) is 50.1 Å². The van der Waals surface area contributed by atoms with Gasteiger partial charge in [-0.15, -0.1) is 0 Å². The summed E-state index contributed by atoms with van der Waals surface area (Å²) >= 11 is 0. The zero-order valence-corrected chi connectivity index (χ0v) is 18.0. The van der Waals surface area contributed by atoms with E-state index >= 15 is 0 Å². The largest absolute Gasteiger partial charge is 0.491 e. The molecule has 1 aromatic rings. The normalized spacial score (nSPS) is 36.4. The maximum Gasteiger partial charge on any atom is 0.246 e. The van der Waals surface area contributed by atoms with E-state index in [9.17, 15) is 9.59 Å². The minimum Gasteiger partial charge on any atom is -0.491 e. The third kappa shape index (κ3) is 3.91. The summed E-state index contributed by atoms with van der Waals surface area (Å²) in [4.78, 5) is 31.6. The zero-order chi connectivity index (χ0) is 21.4. The van der Waals surface area contributed by atoms with E-state index in [1.165, 1.54) is 5.56 Å². The average Bonchev–Trinajstić information content (AvgIpc) is 3.02. The van der Waals surface area contributed by atoms with Gasteiger partial charge in [-0.25, -0.2) is 0 Å². The molecule has 1 N–H and O–H groups in total. The number of amides is 2. The van der Waals surface area contributed by atoms with Crippen LogP contribution in [0.25, 0.3) is 0 Å².